The van der Waals surface area contributed by atoms with E-state index in [0.717, 1.165) is 5.56 Å². The summed E-state index contributed by atoms with van der Waals surface area (Å²) in [4.78, 5) is 11.9. The Hall–Kier alpha value is -1.56. The van der Waals surface area contributed by atoms with Gasteiger partial charge in [-0.1, -0.05) is 17.7 Å². The molecule has 1 aliphatic rings. The van der Waals surface area contributed by atoms with Crippen molar-refractivity contribution in [2.45, 2.75) is 42.7 Å². The maximum Gasteiger partial charge on any atom is 0.240 e. The highest BCUT2D eigenvalue weighted by Gasteiger charge is 2.43. The van der Waals surface area contributed by atoms with E-state index in [9.17, 15) is 23.4 Å². The molecule has 2 rings (SSSR count). The highest BCUT2D eigenvalue weighted by atomic mass is 32.2. The molecule has 0 bridgehead atoms. The second kappa shape index (κ2) is 9.58. The number of benzene rings is 1. The van der Waals surface area contributed by atoms with Crippen LogP contribution in [0.15, 0.2) is 29.2 Å². The third kappa shape index (κ3) is 5.96. The second-order valence-corrected chi connectivity index (χ2v) is 8.17. The molecule has 1 heterocycles. The summed E-state index contributed by atoms with van der Waals surface area (Å²) in [5, 5.41) is 22.8. The number of carbonyl (C=O) groups is 1. The summed E-state index contributed by atoms with van der Waals surface area (Å²) in [6.45, 7) is 2.29. The first-order valence-electron chi connectivity index (χ1n) is 8.58. The van der Waals surface area contributed by atoms with E-state index < -0.39 is 34.4 Å². The Bertz CT molecular complexity index is 723. The monoisotopic (exact) mass is 402 g/mol. The van der Waals surface area contributed by atoms with Crippen LogP contribution in [0.4, 0.5) is 0 Å². The minimum Gasteiger partial charge on any atom is -0.388 e. The predicted molar refractivity (Wildman–Crippen MR) is 96.5 cm³/mol. The third-order valence-electron chi connectivity index (χ3n) is 4.28. The molecule has 1 aromatic carbocycles. The summed E-state index contributed by atoms with van der Waals surface area (Å²) in [7, 11) is -2.27. The van der Waals surface area contributed by atoms with Crippen molar-refractivity contribution in [3.05, 3.63) is 29.8 Å². The number of ether oxygens (including phenoxy) is 2. The van der Waals surface area contributed by atoms with Crippen LogP contribution in [0.2, 0.25) is 0 Å². The summed E-state index contributed by atoms with van der Waals surface area (Å²) in [5.41, 5.74) is 0.929. The minimum atomic E-state index is -3.78. The van der Waals surface area contributed by atoms with Gasteiger partial charge in [0.2, 0.25) is 15.9 Å². The van der Waals surface area contributed by atoms with Crippen LogP contribution >= 0.6 is 0 Å². The highest BCUT2D eigenvalue weighted by molar-refractivity contribution is 7.89. The molecule has 0 saturated carbocycles. The Labute approximate surface area is 158 Å². The molecule has 9 nitrogen and oxygen atoms in total. The van der Waals surface area contributed by atoms with Crippen molar-refractivity contribution < 1.29 is 32.9 Å². The Kier molecular flexibility index (Phi) is 7.71. The predicted octanol–water partition coefficient (Wildman–Crippen LogP) is -1.08. The van der Waals surface area contributed by atoms with Crippen LogP contribution in [0.5, 0.6) is 0 Å². The number of carbonyl (C=O) groups excluding carboxylic acids is 1. The Morgan fingerprint density at radius 1 is 1.19 bits per heavy atom. The van der Waals surface area contributed by atoms with Crippen molar-refractivity contribution in [2.75, 3.05) is 26.8 Å². The smallest absolute Gasteiger partial charge is 0.240 e. The number of hydrogen-bond acceptors (Lipinski definition) is 7. The van der Waals surface area contributed by atoms with Crippen molar-refractivity contribution in [3.8, 4) is 0 Å². The van der Waals surface area contributed by atoms with E-state index in [-0.39, 0.29) is 23.8 Å². The van der Waals surface area contributed by atoms with Crippen molar-refractivity contribution in [1.82, 2.24) is 10.0 Å². The SMILES string of the molecule is COCCNC(=O)CC1OC(CNS(=O)(=O)c2ccc(C)cc2)C(O)C1O. The van der Waals surface area contributed by atoms with Gasteiger partial charge in [0.05, 0.1) is 24.0 Å². The number of nitrogens with one attached hydrogen (secondary N) is 2. The van der Waals surface area contributed by atoms with Gasteiger partial charge in [0.15, 0.2) is 0 Å². The lowest BCUT2D eigenvalue weighted by atomic mass is 10.1. The standard InChI is InChI=1S/C17H26N2O7S/c1-11-3-5-12(6-4-11)27(23,24)19-10-14-17(22)16(21)13(26-14)9-15(20)18-7-8-25-2/h3-6,13-14,16-17,19,21-22H,7-10H2,1-2H3,(H,18,20). The van der Waals surface area contributed by atoms with Crippen molar-refractivity contribution in [1.29, 1.82) is 0 Å². The molecule has 1 aromatic rings. The van der Waals surface area contributed by atoms with Gasteiger partial charge in [0.25, 0.3) is 0 Å². The van der Waals surface area contributed by atoms with Crippen LogP contribution in [0.3, 0.4) is 0 Å². The van der Waals surface area contributed by atoms with Crippen LogP contribution in [0, 0.1) is 6.92 Å². The average molecular weight is 402 g/mol. The van der Waals surface area contributed by atoms with Gasteiger partial charge in [0, 0.05) is 20.2 Å². The fourth-order valence-corrected chi connectivity index (χ4v) is 3.75. The summed E-state index contributed by atoms with van der Waals surface area (Å²) in [6.07, 6.45) is -4.62. The molecule has 4 N–H and O–H groups in total. The number of aliphatic hydroxyl groups excluding tert-OH is 2. The number of hydrogen-bond donors (Lipinski definition) is 4. The zero-order chi connectivity index (χ0) is 20.0. The second-order valence-electron chi connectivity index (χ2n) is 6.41. The van der Waals surface area contributed by atoms with Crippen molar-refractivity contribution in [2.24, 2.45) is 0 Å². The van der Waals surface area contributed by atoms with Crippen molar-refractivity contribution in [3.63, 3.8) is 0 Å². The number of sulfonamides is 1. The summed E-state index contributed by atoms with van der Waals surface area (Å²) >= 11 is 0. The summed E-state index contributed by atoms with van der Waals surface area (Å²) in [5.74, 6) is -0.357. The van der Waals surface area contributed by atoms with E-state index in [1.54, 1.807) is 12.1 Å². The van der Waals surface area contributed by atoms with Gasteiger partial charge >= 0.3 is 0 Å². The zero-order valence-electron chi connectivity index (χ0n) is 15.3. The molecule has 10 heteroatoms. The summed E-state index contributed by atoms with van der Waals surface area (Å²) in [6, 6.07) is 6.31. The maximum absolute atomic E-state index is 12.3. The van der Waals surface area contributed by atoms with Crippen LogP contribution in [0.25, 0.3) is 0 Å². The van der Waals surface area contributed by atoms with E-state index in [1.807, 2.05) is 6.92 Å². The molecule has 4 unspecified atom stereocenters. The van der Waals surface area contributed by atoms with Crippen LogP contribution in [0.1, 0.15) is 12.0 Å². The number of aliphatic hydroxyl groups is 2. The molecule has 0 spiro atoms. The molecule has 0 radical (unpaired) electrons. The molecule has 1 fully saturated rings. The van der Waals surface area contributed by atoms with E-state index in [1.165, 1.54) is 19.2 Å². The molecular weight excluding hydrogens is 376 g/mol. The van der Waals surface area contributed by atoms with Crippen LogP contribution in [-0.4, -0.2) is 75.8 Å². The highest BCUT2D eigenvalue weighted by Crippen LogP contribution is 2.23. The fourth-order valence-electron chi connectivity index (χ4n) is 2.70. The molecule has 1 saturated heterocycles. The first kappa shape index (κ1) is 21.7. The molecule has 0 aliphatic carbocycles. The van der Waals surface area contributed by atoms with Gasteiger partial charge in [-0.3, -0.25) is 4.79 Å². The molecule has 1 aliphatic heterocycles. The van der Waals surface area contributed by atoms with Crippen molar-refractivity contribution >= 4 is 15.9 Å². The molecule has 1 amide bonds. The van der Waals surface area contributed by atoms with E-state index >= 15 is 0 Å². The van der Waals surface area contributed by atoms with E-state index in [4.69, 9.17) is 9.47 Å². The minimum absolute atomic E-state index is 0.0928. The average Bonchev–Trinajstić information content (AvgIpc) is 2.88. The Morgan fingerprint density at radius 3 is 2.44 bits per heavy atom. The number of amides is 1. The Morgan fingerprint density at radius 2 is 1.81 bits per heavy atom. The van der Waals surface area contributed by atoms with Crippen LogP contribution < -0.4 is 10.0 Å². The fraction of sp³-hybridized carbons (Fsp3) is 0.588. The number of aryl methyl sites for hydroxylation is 1. The molecule has 0 aromatic heterocycles. The summed E-state index contributed by atoms with van der Waals surface area (Å²) < 4.78 is 37.3. The lowest BCUT2D eigenvalue weighted by Crippen LogP contribution is -2.40. The van der Waals surface area contributed by atoms with E-state index in [0.29, 0.717) is 13.2 Å². The maximum atomic E-state index is 12.3. The number of methoxy groups -OCH3 is 1. The molecule has 27 heavy (non-hydrogen) atoms. The molecule has 152 valence electrons. The van der Waals surface area contributed by atoms with Crippen LogP contribution in [-0.2, 0) is 24.3 Å². The molecular formula is C17H26N2O7S. The lowest BCUT2D eigenvalue weighted by molar-refractivity contribution is -0.125. The molecule has 4 atom stereocenters. The first-order valence-corrected chi connectivity index (χ1v) is 10.1. The van der Waals surface area contributed by atoms with E-state index in [2.05, 4.69) is 10.0 Å². The van der Waals surface area contributed by atoms with Gasteiger partial charge in [-0.15, -0.1) is 0 Å². The normalized spacial score (nSPS) is 25.5. The largest absolute Gasteiger partial charge is 0.388 e. The third-order valence-corrected chi connectivity index (χ3v) is 5.72. The Balaban J connectivity index is 1.89. The van der Waals surface area contributed by atoms with Gasteiger partial charge in [-0.2, -0.15) is 0 Å². The van der Waals surface area contributed by atoms with Gasteiger partial charge in [-0.05, 0) is 19.1 Å². The van der Waals surface area contributed by atoms with Gasteiger partial charge in [-0.25, -0.2) is 13.1 Å². The quantitative estimate of drug-likeness (QED) is 0.386. The van der Waals surface area contributed by atoms with Gasteiger partial charge < -0.3 is 25.0 Å². The topological polar surface area (TPSA) is 134 Å². The van der Waals surface area contributed by atoms with Gasteiger partial charge in [0.1, 0.15) is 18.3 Å². The first-order chi connectivity index (χ1) is 12.7. The zero-order valence-corrected chi connectivity index (χ0v) is 16.1. The lowest BCUT2D eigenvalue weighted by Gasteiger charge is -2.15. The number of rotatable bonds is 9.